The quantitative estimate of drug-likeness (QED) is 0.430. The van der Waals surface area contributed by atoms with Crippen molar-refractivity contribution in [2.45, 2.75) is 0 Å². The van der Waals surface area contributed by atoms with Gasteiger partial charge in [0.25, 0.3) is 0 Å². The van der Waals surface area contributed by atoms with Gasteiger partial charge in [-0.25, -0.2) is 0 Å². The lowest BCUT2D eigenvalue weighted by atomic mass is 10.0. The second kappa shape index (κ2) is 3.66. The van der Waals surface area contributed by atoms with Crippen LogP contribution in [0, 0.1) is 0 Å². The van der Waals surface area contributed by atoms with Crippen molar-refractivity contribution >= 4 is 17.1 Å². The molecular formula is C12H13N3O. The van der Waals surface area contributed by atoms with Gasteiger partial charge in [-0.15, -0.1) is 0 Å². The Kier molecular flexibility index (Phi) is 2.32. The second-order valence-corrected chi connectivity index (χ2v) is 3.59. The van der Waals surface area contributed by atoms with Crippen molar-refractivity contribution in [1.82, 2.24) is 0 Å². The maximum Gasteiger partial charge on any atom is 0.148 e. The maximum atomic E-state index is 9.86. The van der Waals surface area contributed by atoms with Gasteiger partial charge in [-0.3, -0.25) is 0 Å². The predicted molar refractivity (Wildman–Crippen MR) is 66.8 cm³/mol. The van der Waals surface area contributed by atoms with Crippen molar-refractivity contribution < 1.29 is 5.11 Å². The summed E-state index contributed by atoms with van der Waals surface area (Å²) < 4.78 is 0. The van der Waals surface area contributed by atoms with E-state index in [9.17, 15) is 5.11 Å². The van der Waals surface area contributed by atoms with E-state index in [0.717, 1.165) is 5.56 Å². The number of aromatic hydroxyl groups is 1. The molecule has 2 aromatic rings. The molecule has 0 aliphatic heterocycles. The van der Waals surface area contributed by atoms with E-state index in [0.29, 0.717) is 16.9 Å². The zero-order valence-corrected chi connectivity index (χ0v) is 8.64. The molecule has 0 radical (unpaired) electrons. The molecule has 2 rings (SSSR count). The van der Waals surface area contributed by atoms with Gasteiger partial charge in [-0.2, -0.15) is 0 Å². The minimum atomic E-state index is 0.00442. The summed E-state index contributed by atoms with van der Waals surface area (Å²) >= 11 is 0. The number of benzene rings is 2. The molecule has 16 heavy (non-hydrogen) atoms. The summed E-state index contributed by atoms with van der Waals surface area (Å²) in [6, 6.07) is 10.6. The first kappa shape index (κ1) is 10.2. The van der Waals surface area contributed by atoms with Gasteiger partial charge < -0.3 is 22.3 Å². The molecule has 0 spiro atoms. The van der Waals surface area contributed by atoms with Crippen LogP contribution in [-0.2, 0) is 0 Å². The fourth-order valence-corrected chi connectivity index (χ4v) is 1.52. The molecule has 0 aromatic heterocycles. The normalized spacial score (nSPS) is 10.2. The van der Waals surface area contributed by atoms with Gasteiger partial charge in [0.1, 0.15) is 5.75 Å². The molecule has 7 N–H and O–H groups in total. The third kappa shape index (κ3) is 1.61. The number of phenols is 1. The van der Waals surface area contributed by atoms with Crippen LogP contribution >= 0.6 is 0 Å². The van der Waals surface area contributed by atoms with E-state index in [1.165, 1.54) is 0 Å². The Morgan fingerprint density at radius 2 is 1.44 bits per heavy atom. The average Bonchev–Trinajstić information content (AvgIpc) is 2.28. The number of hydrogen-bond acceptors (Lipinski definition) is 4. The average molecular weight is 215 g/mol. The Morgan fingerprint density at radius 3 is 2.06 bits per heavy atom. The molecule has 2 aromatic carbocycles. The highest BCUT2D eigenvalue weighted by molar-refractivity contribution is 5.83. The molecule has 0 heterocycles. The fourth-order valence-electron chi connectivity index (χ4n) is 1.52. The van der Waals surface area contributed by atoms with Crippen molar-refractivity contribution in [3.8, 4) is 16.9 Å². The highest BCUT2D eigenvalue weighted by Gasteiger charge is 2.09. The van der Waals surface area contributed by atoms with Gasteiger partial charge >= 0.3 is 0 Å². The first-order chi connectivity index (χ1) is 7.59. The molecule has 0 saturated carbocycles. The van der Waals surface area contributed by atoms with Crippen LogP contribution in [0.3, 0.4) is 0 Å². The van der Waals surface area contributed by atoms with E-state index < -0.39 is 0 Å². The van der Waals surface area contributed by atoms with Crippen LogP contribution in [0.2, 0.25) is 0 Å². The summed E-state index contributed by atoms with van der Waals surface area (Å²) in [5.74, 6) is 0.00442. The summed E-state index contributed by atoms with van der Waals surface area (Å²) in [5, 5.41) is 9.86. The van der Waals surface area contributed by atoms with Gasteiger partial charge in [0, 0.05) is 11.3 Å². The number of nitrogens with two attached hydrogens (primary N) is 3. The third-order valence-electron chi connectivity index (χ3n) is 2.47. The van der Waals surface area contributed by atoms with E-state index in [4.69, 9.17) is 17.2 Å². The number of hydrogen-bond donors (Lipinski definition) is 4. The summed E-state index contributed by atoms with van der Waals surface area (Å²) in [6.45, 7) is 0. The summed E-state index contributed by atoms with van der Waals surface area (Å²) in [7, 11) is 0. The standard InChI is InChI=1S/C12H13N3O/c13-8-3-1-7(2-4-8)9-5-6-10(14)11(15)12(9)16/h1-6,16H,13-15H2. The number of rotatable bonds is 1. The molecule has 4 heteroatoms. The van der Waals surface area contributed by atoms with Crippen molar-refractivity contribution in [2.24, 2.45) is 0 Å². The smallest absolute Gasteiger partial charge is 0.148 e. The Labute approximate surface area is 93.3 Å². The molecule has 4 nitrogen and oxygen atoms in total. The van der Waals surface area contributed by atoms with Crippen molar-refractivity contribution in [1.29, 1.82) is 0 Å². The van der Waals surface area contributed by atoms with Crippen molar-refractivity contribution in [2.75, 3.05) is 17.2 Å². The molecule has 0 atom stereocenters. The molecule has 0 amide bonds. The zero-order chi connectivity index (χ0) is 11.7. The molecule has 0 unspecified atom stereocenters. The second-order valence-electron chi connectivity index (χ2n) is 3.59. The van der Waals surface area contributed by atoms with Crippen LogP contribution in [-0.4, -0.2) is 5.11 Å². The van der Waals surface area contributed by atoms with Gasteiger partial charge in [0.15, 0.2) is 0 Å². The van der Waals surface area contributed by atoms with Gasteiger partial charge in [0.2, 0.25) is 0 Å². The number of phenolic OH excluding ortho intramolecular Hbond substituents is 1. The zero-order valence-electron chi connectivity index (χ0n) is 8.64. The van der Waals surface area contributed by atoms with Crippen LogP contribution < -0.4 is 17.2 Å². The Morgan fingerprint density at radius 1 is 0.812 bits per heavy atom. The summed E-state index contributed by atoms with van der Waals surface area (Å²) in [6.07, 6.45) is 0. The van der Waals surface area contributed by atoms with E-state index in [2.05, 4.69) is 0 Å². The SMILES string of the molecule is Nc1ccc(-c2ccc(N)c(N)c2O)cc1. The Hall–Kier alpha value is -2.36. The molecule has 0 bridgehead atoms. The van der Waals surface area contributed by atoms with E-state index in [-0.39, 0.29) is 11.4 Å². The molecule has 82 valence electrons. The summed E-state index contributed by atoms with van der Waals surface area (Å²) in [4.78, 5) is 0. The molecule has 0 saturated heterocycles. The van der Waals surface area contributed by atoms with Gasteiger partial charge in [-0.1, -0.05) is 12.1 Å². The highest BCUT2D eigenvalue weighted by atomic mass is 16.3. The van der Waals surface area contributed by atoms with Crippen molar-refractivity contribution in [3.05, 3.63) is 36.4 Å². The van der Waals surface area contributed by atoms with Crippen LogP contribution in [0.25, 0.3) is 11.1 Å². The molecule has 0 fully saturated rings. The first-order valence-electron chi connectivity index (χ1n) is 4.82. The lowest BCUT2D eigenvalue weighted by molar-refractivity contribution is 0.480. The summed E-state index contributed by atoms with van der Waals surface area (Å²) in [5.41, 5.74) is 19.6. The van der Waals surface area contributed by atoms with Crippen molar-refractivity contribution in [3.63, 3.8) is 0 Å². The van der Waals surface area contributed by atoms with Gasteiger partial charge in [-0.05, 0) is 29.8 Å². The minimum Gasteiger partial charge on any atom is -0.505 e. The third-order valence-corrected chi connectivity index (χ3v) is 2.47. The molecule has 0 aliphatic rings. The van der Waals surface area contributed by atoms with Crippen LogP contribution in [0.4, 0.5) is 17.1 Å². The molecular weight excluding hydrogens is 202 g/mol. The van der Waals surface area contributed by atoms with Crippen LogP contribution in [0.5, 0.6) is 5.75 Å². The van der Waals surface area contributed by atoms with Crippen LogP contribution in [0.15, 0.2) is 36.4 Å². The monoisotopic (exact) mass is 215 g/mol. The fraction of sp³-hybridized carbons (Fsp3) is 0. The Bertz CT molecular complexity index is 521. The van der Waals surface area contributed by atoms with E-state index >= 15 is 0 Å². The van der Waals surface area contributed by atoms with Crippen LogP contribution in [0.1, 0.15) is 0 Å². The topological polar surface area (TPSA) is 98.3 Å². The Balaban J connectivity index is 2.57. The predicted octanol–water partition coefficient (Wildman–Crippen LogP) is 1.81. The lowest BCUT2D eigenvalue weighted by Crippen LogP contribution is -1.95. The number of anilines is 3. The maximum absolute atomic E-state index is 9.86. The number of nitrogen functional groups attached to an aromatic ring is 3. The lowest BCUT2D eigenvalue weighted by Gasteiger charge is -2.09. The van der Waals surface area contributed by atoms with E-state index in [1.807, 2.05) is 12.1 Å². The van der Waals surface area contributed by atoms with Gasteiger partial charge in [0.05, 0.1) is 11.4 Å². The largest absolute Gasteiger partial charge is 0.505 e. The molecule has 0 aliphatic carbocycles. The highest BCUT2D eigenvalue weighted by Crippen LogP contribution is 2.37. The minimum absolute atomic E-state index is 0.00442. The first-order valence-corrected chi connectivity index (χ1v) is 4.82. The van der Waals surface area contributed by atoms with E-state index in [1.54, 1.807) is 24.3 Å².